The Morgan fingerprint density at radius 3 is 2.19 bits per heavy atom. The number of halogens is 1. The van der Waals surface area contributed by atoms with E-state index in [0.29, 0.717) is 5.75 Å². The fourth-order valence-corrected chi connectivity index (χ4v) is 3.85. The van der Waals surface area contributed by atoms with Crippen LogP contribution in [0.15, 0.2) is 22.7 Å². The van der Waals surface area contributed by atoms with Gasteiger partial charge in [0.2, 0.25) is 6.29 Å². The van der Waals surface area contributed by atoms with E-state index in [1.807, 2.05) is 0 Å². The van der Waals surface area contributed by atoms with Gasteiger partial charge in [0, 0.05) is 25.2 Å². The summed E-state index contributed by atoms with van der Waals surface area (Å²) >= 11 is 3.36. The number of esters is 3. The van der Waals surface area contributed by atoms with E-state index in [2.05, 4.69) is 15.9 Å². The number of rotatable bonds is 8. The van der Waals surface area contributed by atoms with Crippen LogP contribution in [0.25, 0.3) is 0 Å². The van der Waals surface area contributed by atoms with Gasteiger partial charge in [-0.05, 0) is 30.7 Å². The molecule has 10 nitrogen and oxygen atoms in total. The minimum absolute atomic E-state index is 0.329. The van der Waals surface area contributed by atoms with Crippen LogP contribution < -0.4 is 4.74 Å². The molecule has 0 unspecified atom stereocenters. The summed E-state index contributed by atoms with van der Waals surface area (Å²) < 4.78 is 28.4. The van der Waals surface area contributed by atoms with Crippen molar-refractivity contribution in [3.63, 3.8) is 0 Å². The molecule has 1 N–H and O–H groups in total. The van der Waals surface area contributed by atoms with Crippen molar-refractivity contribution < 1.29 is 48.0 Å². The molecule has 0 bridgehead atoms. The Hall–Kier alpha value is -2.66. The van der Waals surface area contributed by atoms with E-state index in [9.17, 15) is 24.3 Å². The molecule has 176 valence electrons. The molecule has 11 heteroatoms. The first-order valence-corrected chi connectivity index (χ1v) is 10.5. The summed E-state index contributed by atoms with van der Waals surface area (Å²) in [6, 6.07) is 5.20. The second kappa shape index (κ2) is 11.3. The van der Waals surface area contributed by atoms with Crippen molar-refractivity contribution >= 4 is 39.8 Å². The largest absolute Gasteiger partial charge is 0.481 e. The highest BCUT2D eigenvalue weighted by atomic mass is 79.9. The lowest BCUT2D eigenvalue weighted by molar-refractivity contribution is -0.271. The zero-order valence-electron chi connectivity index (χ0n) is 18.0. The average molecular weight is 517 g/mol. The van der Waals surface area contributed by atoms with Crippen molar-refractivity contribution in [1.29, 1.82) is 0 Å². The molecule has 1 heterocycles. The highest BCUT2D eigenvalue weighted by molar-refractivity contribution is 9.10. The Kier molecular flexibility index (Phi) is 9.02. The van der Waals surface area contributed by atoms with Crippen molar-refractivity contribution in [3.8, 4) is 5.75 Å². The summed E-state index contributed by atoms with van der Waals surface area (Å²) in [5.41, 5.74) is 0.736. The third-order valence-corrected chi connectivity index (χ3v) is 5.11. The maximum atomic E-state index is 11.8. The molecular formula is C21H25BrO10. The predicted molar refractivity (Wildman–Crippen MR) is 112 cm³/mol. The smallest absolute Gasteiger partial charge is 0.304 e. The molecule has 1 aliphatic rings. The standard InChI is InChI=1S/C21H25BrO10/c1-10-7-14(22)5-6-16(10)31-21-15(8-18(26)27)19(29-12(3)24)20(30-13(4)25)17(32-21)9-28-11(2)23/h5-7,15,17,19-21H,8-9H2,1-4H3,(H,26,27)/t15-,17+,19-,20-,21-/m0/s1. The minimum atomic E-state index is -1.22. The van der Waals surface area contributed by atoms with E-state index in [0.717, 1.165) is 23.9 Å². The quantitative estimate of drug-likeness (QED) is 0.405. The maximum Gasteiger partial charge on any atom is 0.304 e. The van der Waals surface area contributed by atoms with Gasteiger partial charge in [-0.2, -0.15) is 0 Å². The molecular weight excluding hydrogens is 492 g/mol. The number of carboxylic acid groups (broad SMARTS) is 1. The molecule has 0 spiro atoms. The zero-order chi connectivity index (χ0) is 24.0. The van der Waals surface area contributed by atoms with E-state index in [4.69, 9.17) is 23.7 Å². The molecule has 0 aliphatic carbocycles. The molecule has 1 fully saturated rings. The third kappa shape index (κ3) is 7.20. The number of carbonyl (C=O) groups is 4. The van der Waals surface area contributed by atoms with Crippen molar-refractivity contribution in [3.05, 3.63) is 28.2 Å². The lowest BCUT2D eigenvalue weighted by atomic mass is 9.87. The Balaban J connectivity index is 2.47. The second-order valence-corrected chi connectivity index (χ2v) is 8.20. The molecule has 2 rings (SSSR count). The summed E-state index contributed by atoms with van der Waals surface area (Å²) in [6.45, 7) is 4.95. The topological polar surface area (TPSA) is 135 Å². The highest BCUT2D eigenvalue weighted by Gasteiger charge is 2.52. The fourth-order valence-electron chi connectivity index (χ4n) is 3.37. The van der Waals surface area contributed by atoms with E-state index in [1.54, 1.807) is 25.1 Å². The Morgan fingerprint density at radius 1 is 1.03 bits per heavy atom. The molecule has 1 aliphatic heterocycles. The van der Waals surface area contributed by atoms with Gasteiger partial charge in [0.1, 0.15) is 18.5 Å². The van der Waals surface area contributed by atoms with Gasteiger partial charge in [0.05, 0.1) is 12.3 Å². The number of aryl methyl sites for hydroxylation is 1. The van der Waals surface area contributed by atoms with E-state index >= 15 is 0 Å². The monoisotopic (exact) mass is 516 g/mol. The lowest BCUT2D eigenvalue weighted by Gasteiger charge is -2.44. The Labute approximate surface area is 193 Å². The number of ether oxygens (including phenoxy) is 5. The van der Waals surface area contributed by atoms with Gasteiger partial charge in [-0.25, -0.2) is 0 Å². The molecule has 1 saturated heterocycles. The van der Waals surface area contributed by atoms with E-state index < -0.39 is 60.8 Å². The summed E-state index contributed by atoms with van der Waals surface area (Å²) in [5, 5.41) is 9.47. The van der Waals surface area contributed by atoms with Crippen LogP contribution in [0.3, 0.4) is 0 Å². The summed E-state index contributed by atoms with van der Waals surface area (Å²) in [4.78, 5) is 46.5. The second-order valence-electron chi connectivity index (χ2n) is 7.28. The van der Waals surface area contributed by atoms with Gasteiger partial charge < -0.3 is 28.8 Å². The van der Waals surface area contributed by atoms with Crippen LogP contribution in [0.2, 0.25) is 0 Å². The highest BCUT2D eigenvalue weighted by Crippen LogP contribution is 2.35. The van der Waals surface area contributed by atoms with Gasteiger partial charge >= 0.3 is 23.9 Å². The van der Waals surface area contributed by atoms with Crippen LogP contribution in [0, 0.1) is 12.8 Å². The van der Waals surface area contributed by atoms with Gasteiger partial charge in [-0.1, -0.05) is 15.9 Å². The summed E-state index contributed by atoms with van der Waals surface area (Å²) in [7, 11) is 0. The third-order valence-electron chi connectivity index (χ3n) is 4.62. The zero-order valence-corrected chi connectivity index (χ0v) is 19.6. The molecule has 0 amide bonds. The lowest BCUT2D eigenvalue weighted by Crippen LogP contribution is -2.60. The van der Waals surface area contributed by atoms with Crippen LogP contribution in [-0.2, 0) is 38.1 Å². The minimum Gasteiger partial charge on any atom is -0.481 e. The fraction of sp³-hybridized carbons (Fsp3) is 0.524. The molecule has 0 saturated carbocycles. The van der Waals surface area contributed by atoms with Gasteiger partial charge in [0.25, 0.3) is 0 Å². The van der Waals surface area contributed by atoms with Crippen LogP contribution >= 0.6 is 15.9 Å². The van der Waals surface area contributed by atoms with Crippen molar-refractivity contribution in [1.82, 2.24) is 0 Å². The number of hydrogen-bond donors (Lipinski definition) is 1. The first-order chi connectivity index (χ1) is 15.0. The van der Waals surface area contributed by atoms with Crippen LogP contribution in [0.1, 0.15) is 32.8 Å². The van der Waals surface area contributed by atoms with E-state index in [-0.39, 0.29) is 6.61 Å². The van der Waals surface area contributed by atoms with Crippen molar-refractivity contribution in [2.24, 2.45) is 5.92 Å². The molecule has 0 aromatic heterocycles. The SMILES string of the molecule is CC(=O)OC[C@H]1O[C@H](Oc2ccc(Br)cc2C)[C@@H](CC(=O)O)[C@H](OC(C)=O)[C@H]1OC(C)=O. The molecule has 5 atom stereocenters. The molecule has 0 radical (unpaired) electrons. The first-order valence-electron chi connectivity index (χ1n) is 9.75. The van der Waals surface area contributed by atoms with Crippen LogP contribution in [0.5, 0.6) is 5.75 Å². The number of aliphatic carboxylic acids is 1. The molecule has 1 aromatic carbocycles. The molecule has 1 aromatic rings. The van der Waals surface area contributed by atoms with Crippen molar-refractivity contribution in [2.75, 3.05) is 6.61 Å². The number of hydrogen-bond acceptors (Lipinski definition) is 9. The molecule has 32 heavy (non-hydrogen) atoms. The number of carbonyl (C=O) groups excluding carboxylic acids is 3. The Morgan fingerprint density at radius 2 is 1.66 bits per heavy atom. The van der Waals surface area contributed by atoms with Crippen LogP contribution in [0.4, 0.5) is 0 Å². The predicted octanol–water partition coefficient (Wildman–Crippen LogP) is 2.38. The summed E-state index contributed by atoms with van der Waals surface area (Å²) in [5.74, 6) is -3.84. The Bertz CT molecular complexity index is 870. The average Bonchev–Trinajstić information content (AvgIpc) is 2.65. The van der Waals surface area contributed by atoms with Crippen LogP contribution in [-0.4, -0.2) is 60.2 Å². The first kappa shape index (κ1) is 25.6. The number of benzene rings is 1. The van der Waals surface area contributed by atoms with Gasteiger partial charge in [0.15, 0.2) is 12.2 Å². The number of carboxylic acids is 1. The summed E-state index contributed by atoms with van der Waals surface area (Å²) in [6.07, 6.45) is -5.22. The van der Waals surface area contributed by atoms with Crippen molar-refractivity contribution in [2.45, 2.75) is 58.7 Å². The van der Waals surface area contributed by atoms with E-state index in [1.165, 1.54) is 6.92 Å². The maximum absolute atomic E-state index is 11.8. The van der Waals surface area contributed by atoms with Gasteiger partial charge in [-0.15, -0.1) is 0 Å². The van der Waals surface area contributed by atoms with Gasteiger partial charge in [-0.3, -0.25) is 19.2 Å². The normalized spacial score (nSPS) is 24.8.